The summed E-state index contributed by atoms with van der Waals surface area (Å²) in [6.07, 6.45) is -1.68. The predicted molar refractivity (Wildman–Crippen MR) is 110 cm³/mol. The molecule has 0 amide bonds. The molecule has 1 aliphatic rings. The van der Waals surface area contributed by atoms with Gasteiger partial charge in [0.25, 0.3) is 0 Å². The van der Waals surface area contributed by atoms with Crippen LogP contribution >= 0.6 is 0 Å². The summed E-state index contributed by atoms with van der Waals surface area (Å²) in [6, 6.07) is 12.2. The van der Waals surface area contributed by atoms with Crippen molar-refractivity contribution in [1.29, 1.82) is 5.26 Å². The lowest BCUT2D eigenvalue weighted by atomic mass is 10.0. The number of halogens is 3. The number of rotatable bonds is 4. The Bertz CT molecular complexity index is 1070. The molecular formula is C22H21F3N6. The summed E-state index contributed by atoms with van der Waals surface area (Å²) in [5, 5.41) is 16.2. The Kier molecular flexibility index (Phi) is 5.65. The highest BCUT2D eigenvalue weighted by molar-refractivity contribution is 5.63. The molecule has 1 aliphatic heterocycles. The van der Waals surface area contributed by atoms with E-state index in [4.69, 9.17) is 5.26 Å². The first-order valence-corrected chi connectivity index (χ1v) is 9.90. The van der Waals surface area contributed by atoms with Gasteiger partial charge in [-0.05, 0) is 36.8 Å². The van der Waals surface area contributed by atoms with E-state index in [-0.39, 0.29) is 6.04 Å². The molecule has 1 N–H and O–H groups in total. The third-order valence-electron chi connectivity index (χ3n) is 5.56. The molecule has 1 aromatic carbocycles. The molecule has 0 aliphatic carbocycles. The molecule has 6 nitrogen and oxygen atoms in total. The fraction of sp³-hybridized carbons (Fsp3) is 0.318. The Morgan fingerprint density at radius 3 is 2.52 bits per heavy atom. The zero-order chi connectivity index (χ0) is 22.0. The van der Waals surface area contributed by atoms with Crippen molar-refractivity contribution in [1.82, 2.24) is 20.1 Å². The van der Waals surface area contributed by atoms with Crippen LogP contribution in [-0.2, 0) is 12.7 Å². The molecule has 3 aromatic rings. The number of nitriles is 1. The number of hydrogen-bond donors (Lipinski definition) is 1. The van der Waals surface area contributed by atoms with E-state index < -0.39 is 11.7 Å². The fourth-order valence-corrected chi connectivity index (χ4v) is 3.79. The van der Waals surface area contributed by atoms with Gasteiger partial charge in [-0.3, -0.25) is 10.00 Å². The maximum atomic E-state index is 12.8. The minimum absolute atomic E-state index is 0.182. The Labute approximate surface area is 177 Å². The largest absolute Gasteiger partial charge is 0.417 e. The molecule has 0 spiro atoms. The van der Waals surface area contributed by atoms with E-state index in [1.807, 2.05) is 23.2 Å². The van der Waals surface area contributed by atoms with Crippen molar-refractivity contribution in [2.45, 2.75) is 25.7 Å². The first kappa shape index (κ1) is 20.9. The summed E-state index contributed by atoms with van der Waals surface area (Å²) in [6.45, 7) is 4.88. The normalized spacial score (nSPS) is 17.5. The molecular weight excluding hydrogens is 405 g/mol. The Balaban J connectivity index is 1.42. The second-order valence-corrected chi connectivity index (χ2v) is 7.63. The summed E-state index contributed by atoms with van der Waals surface area (Å²) in [5.74, 6) is 0.557. The molecule has 4 rings (SSSR count). The highest BCUT2D eigenvalue weighted by Gasteiger charge is 2.31. The number of anilines is 1. The van der Waals surface area contributed by atoms with E-state index in [1.54, 1.807) is 12.1 Å². The standard InChI is InChI=1S/C22H21F3N6/c1-15-13-31(20-7-6-19(12-27-20)22(23,24)25)9-8-30(15)14-18-11-28-29-21(18)17-4-2-16(10-26)3-5-17/h2-7,11-12,15H,8-9,13-14H2,1H3,(H,28,29)/t15-/m0/s1. The highest BCUT2D eigenvalue weighted by Crippen LogP contribution is 2.30. The highest BCUT2D eigenvalue weighted by atomic mass is 19.4. The van der Waals surface area contributed by atoms with Gasteiger partial charge in [-0.15, -0.1) is 0 Å². The van der Waals surface area contributed by atoms with Gasteiger partial charge in [0, 0.05) is 44.0 Å². The summed E-state index contributed by atoms with van der Waals surface area (Å²) in [4.78, 5) is 8.35. The van der Waals surface area contributed by atoms with E-state index in [2.05, 4.69) is 33.1 Å². The van der Waals surface area contributed by atoms with Crippen LogP contribution in [0.15, 0.2) is 48.8 Å². The Morgan fingerprint density at radius 1 is 1.13 bits per heavy atom. The van der Waals surface area contributed by atoms with Gasteiger partial charge in [0.1, 0.15) is 5.82 Å². The summed E-state index contributed by atoms with van der Waals surface area (Å²) in [7, 11) is 0. The second kappa shape index (κ2) is 8.40. The van der Waals surface area contributed by atoms with Crippen LogP contribution in [0.25, 0.3) is 11.3 Å². The number of hydrogen-bond acceptors (Lipinski definition) is 5. The average Bonchev–Trinajstić information content (AvgIpc) is 3.23. The van der Waals surface area contributed by atoms with Crippen LogP contribution in [0.2, 0.25) is 0 Å². The second-order valence-electron chi connectivity index (χ2n) is 7.63. The van der Waals surface area contributed by atoms with Crippen molar-refractivity contribution in [3.8, 4) is 17.3 Å². The van der Waals surface area contributed by atoms with Crippen LogP contribution in [0, 0.1) is 11.3 Å². The van der Waals surface area contributed by atoms with Crippen LogP contribution in [0.3, 0.4) is 0 Å². The van der Waals surface area contributed by atoms with Gasteiger partial charge in [-0.2, -0.15) is 23.5 Å². The van der Waals surface area contributed by atoms with Gasteiger partial charge in [0.2, 0.25) is 0 Å². The SMILES string of the molecule is C[C@H]1CN(c2ccc(C(F)(F)F)cn2)CCN1Cc1cn[nH]c1-c1ccc(C#N)cc1. The molecule has 1 atom stereocenters. The van der Waals surface area contributed by atoms with Crippen molar-refractivity contribution >= 4 is 5.82 Å². The summed E-state index contributed by atoms with van der Waals surface area (Å²) < 4.78 is 38.3. The lowest BCUT2D eigenvalue weighted by Gasteiger charge is -2.40. The zero-order valence-corrected chi connectivity index (χ0v) is 16.9. The number of H-pyrrole nitrogens is 1. The van der Waals surface area contributed by atoms with E-state index in [0.717, 1.165) is 35.6 Å². The van der Waals surface area contributed by atoms with E-state index in [0.29, 0.717) is 31.0 Å². The van der Waals surface area contributed by atoms with Crippen molar-refractivity contribution in [3.63, 3.8) is 0 Å². The minimum Gasteiger partial charge on any atom is -0.354 e. The van der Waals surface area contributed by atoms with Crippen molar-refractivity contribution in [2.75, 3.05) is 24.5 Å². The number of benzene rings is 1. The van der Waals surface area contributed by atoms with Gasteiger partial charge in [-0.1, -0.05) is 12.1 Å². The number of aromatic nitrogens is 3. The molecule has 0 unspecified atom stereocenters. The molecule has 0 bridgehead atoms. The monoisotopic (exact) mass is 426 g/mol. The fourth-order valence-electron chi connectivity index (χ4n) is 3.79. The van der Waals surface area contributed by atoms with Gasteiger partial charge in [0.15, 0.2) is 0 Å². The van der Waals surface area contributed by atoms with Crippen LogP contribution in [-0.4, -0.2) is 45.8 Å². The Hall–Kier alpha value is -3.38. The van der Waals surface area contributed by atoms with Gasteiger partial charge in [0.05, 0.1) is 29.1 Å². The first-order chi connectivity index (χ1) is 14.8. The lowest BCUT2D eigenvalue weighted by molar-refractivity contribution is -0.137. The number of alkyl halides is 3. The molecule has 0 saturated carbocycles. The molecule has 1 saturated heterocycles. The van der Waals surface area contributed by atoms with E-state index >= 15 is 0 Å². The quantitative estimate of drug-likeness (QED) is 0.681. The van der Waals surface area contributed by atoms with Crippen molar-refractivity contribution < 1.29 is 13.2 Å². The maximum Gasteiger partial charge on any atom is 0.417 e. The topological polar surface area (TPSA) is 71.8 Å². The molecule has 3 heterocycles. The smallest absolute Gasteiger partial charge is 0.354 e. The minimum atomic E-state index is -4.38. The van der Waals surface area contributed by atoms with E-state index in [9.17, 15) is 13.2 Å². The number of aromatic amines is 1. The van der Waals surface area contributed by atoms with Crippen molar-refractivity contribution in [2.24, 2.45) is 0 Å². The Morgan fingerprint density at radius 2 is 1.90 bits per heavy atom. The zero-order valence-electron chi connectivity index (χ0n) is 16.9. The van der Waals surface area contributed by atoms with Crippen LogP contribution in [0.5, 0.6) is 0 Å². The van der Waals surface area contributed by atoms with Gasteiger partial charge in [-0.25, -0.2) is 4.98 Å². The molecule has 1 fully saturated rings. The lowest BCUT2D eigenvalue weighted by Crippen LogP contribution is -2.51. The number of piperazine rings is 1. The van der Waals surface area contributed by atoms with Gasteiger partial charge < -0.3 is 4.90 Å². The van der Waals surface area contributed by atoms with Crippen molar-refractivity contribution in [3.05, 3.63) is 65.5 Å². The van der Waals surface area contributed by atoms with Crippen LogP contribution in [0.1, 0.15) is 23.6 Å². The summed E-state index contributed by atoms with van der Waals surface area (Å²) in [5.41, 5.74) is 2.80. The number of pyridine rings is 1. The molecule has 160 valence electrons. The van der Waals surface area contributed by atoms with Crippen LogP contribution < -0.4 is 4.90 Å². The molecule has 9 heteroatoms. The first-order valence-electron chi connectivity index (χ1n) is 9.90. The van der Waals surface area contributed by atoms with Crippen LogP contribution in [0.4, 0.5) is 19.0 Å². The van der Waals surface area contributed by atoms with Gasteiger partial charge >= 0.3 is 6.18 Å². The molecule has 2 aromatic heterocycles. The predicted octanol–water partition coefficient (Wildman–Crippen LogP) is 4.07. The number of nitrogens with zero attached hydrogens (tertiary/aromatic N) is 5. The average molecular weight is 426 g/mol. The molecule has 31 heavy (non-hydrogen) atoms. The third kappa shape index (κ3) is 4.54. The maximum absolute atomic E-state index is 12.8. The van der Waals surface area contributed by atoms with E-state index in [1.165, 1.54) is 6.07 Å². The third-order valence-corrected chi connectivity index (χ3v) is 5.56. The summed E-state index contributed by atoms with van der Waals surface area (Å²) >= 11 is 0. The molecule has 0 radical (unpaired) electrons. The number of nitrogens with one attached hydrogen (secondary N) is 1.